The fraction of sp³-hybridized carbons (Fsp3) is 0.625. The molecule has 3 N–H and O–H groups in total. The topological polar surface area (TPSA) is 64.1 Å². The predicted octanol–water partition coefficient (Wildman–Crippen LogP) is -0.487. The van der Waals surface area contributed by atoms with Crippen molar-refractivity contribution in [3.8, 4) is 0 Å². The molecular formula is C8H13N3O. The Balaban J connectivity index is 2.49. The first kappa shape index (κ1) is 7.76. The number of fused-ring (bicyclic) bond motifs is 1. The van der Waals surface area contributed by atoms with Gasteiger partial charge in [0.15, 0.2) is 0 Å². The third-order valence-electron chi connectivity index (χ3n) is 2.69. The highest BCUT2D eigenvalue weighted by Crippen LogP contribution is 2.33. The van der Waals surface area contributed by atoms with E-state index in [0.717, 1.165) is 24.1 Å². The zero-order chi connectivity index (χ0) is 8.77. The largest absolute Gasteiger partial charge is 0.394 e. The van der Waals surface area contributed by atoms with Crippen molar-refractivity contribution in [1.29, 1.82) is 0 Å². The van der Waals surface area contributed by atoms with E-state index in [1.54, 1.807) is 6.20 Å². The summed E-state index contributed by atoms with van der Waals surface area (Å²) in [5.41, 5.74) is 7.61. The maximum absolute atomic E-state index is 9.12. The van der Waals surface area contributed by atoms with Crippen LogP contribution in [0.3, 0.4) is 0 Å². The summed E-state index contributed by atoms with van der Waals surface area (Å²) in [5, 5.41) is 13.2. The number of aliphatic hydroxyl groups excluding tert-OH is 1. The van der Waals surface area contributed by atoms with Gasteiger partial charge < -0.3 is 10.8 Å². The maximum atomic E-state index is 9.12. The maximum Gasteiger partial charge on any atom is 0.0681 e. The molecule has 12 heavy (non-hydrogen) atoms. The summed E-state index contributed by atoms with van der Waals surface area (Å²) < 4.78 is 1.83. The van der Waals surface area contributed by atoms with Crippen LogP contribution < -0.4 is 5.73 Å². The summed E-state index contributed by atoms with van der Waals surface area (Å²) in [6, 6.07) is 0. The van der Waals surface area contributed by atoms with Crippen LogP contribution in [0.25, 0.3) is 0 Å². The molecule has 1 atom stereocenters. The van der Waals surface area contributed by atoms with E-state index in [2.05, 4.69) is 5.10 Å². The molecule has 1 unspecified atom stereocenters. The first-order chi connectivity index (χ1) is 5.67. The van der Waals surface area contributed by atoms with Gasteiger partial charge >= 0.3 is 0 Å². The summed E-state index contributed by atoms with van der Waals surface area (Å²) in [6.07, 6.45) is 3.51. The average molecular weight is 167 g/mol. The van der Waals surface area contributed by atoms with Crippen molar-refractivity contribution in [1.82, 2.24) is 9.78 Å². The van der Waals surface area contributed by atoms with E-state index < -0.39 is 5.54 Å². The first-order valence-electron chi connectivity index (χ1n) is 4.08. The first-order valence-corrected chi connectivity index (χ1v) is 4.08. The van der Waals surface area contributed by atoms with Crippen molar-refractivity contribution in [2.24, 2.45) is 12.8 Å². The van der Waals surface area contributed by atoms with Crippen LogP contribution in [-0.4, -0.2) is 21.5 Å². The van der Waals surface area contributed by atoms with Crippen molar-refractivity contribution in [3.63, 3.8) is 0 Å². The molecule has 0 radical (unpaired) electrons. The molecule has 1 aromatic rings. The number of rotatable bonds is 1. The number of aryl methyl sites for hydroxylation is 1. The van der Waals surface area contributed by atoms with Crippen molar-refractivity contribution in [2.45, 2.75) is 18.4 Å². The second kappa shape index (κ2) is 2.31. The molecule has 0 bridgehead atoms. The Morgan fingerprint density at radius 3 is 3.25 bits per heavy atom. The average Bonchev–Trinajstić information content (AvgIpc) is 2.57. The Bertz CT molecular complexity index is 307. The molecule has 0 saturated heterocycles. The third kappa shape index (κ3) is 0.820. The van der Waals surface area contributed by atoms with E-state index in [4.69, 9.17) is 10.8 Å². The zero-order valence-corrected chi connectivity index (χ0v) is 7.12. The second-order valence-electron chi connectivity index (χ2n) is 3.44. The van der Waals surface area contributed by atoms with Crippen molar-refractivity contribution in [3.05, 3.63) is 17.5 Å². The van der Waals surface area contributed by atoms with Crippen LogP contribution in [-0.2, 0) is 19.0 Å². The molecular weight excluding hydrogens is 154 g/mol. The van der Waals surface area contributed by atoms with E-state index in [9.17, 15) is 0 Å². The van der Waals surface area contributed by atoms with Gasteiger partial charge in [0.2, 0.25) is 0 Å². The summed E-state index contributed by atoms with van der Waals surface area (Å²) in [7, 11) is 1.90. The van der Waals surface area contributed by atoms with Gasteiger partial charge in [0, 0.05) is 18.3 Å². The second-order valence-corrected chi connectivity index (χ2v) is 3.44. The van der Waals surface area contributed by atoms with Crippen molar-refractivity contribution < 1.29 is 5.11 Å². The van der Waals surface area contributed by atoms with Crippen LogP contribution in [0.2, 0.25) is 0 Å². The van der Waals surface area contributed by atoms with E-state index in [0.29, 0.717) is 0 Å². The number of nitrogens with zero attached hydrogens (tertiary/aromatic N) is 2. The van der Waals surface area contributed by atoms with Crippen LogP contribution >= 0.6 is 0 Å². The summed E-state index contributed by atoms with van der Waals surface area (Å²) in [4.78, 5) is 0. The smallest absolute Gasteiger partial charge is 0.0681 e. The third-order valence-corrected chi connectivity index (χ3v) is 2.69. The molecule has 0 saturated carbocycles. The van der Waals surface area contributed by atoms with Gasteiger partial charge in [-0.05, 0) is 12.8 Å². The summed E-state index contributed by atoms with van der Waals surface area (Å²) in [6.45, 7) is 0.00565. The lowest BCUT2D eigenvalue weighted by Crippen LogP contribution is -2.37. The minimum absolute atomic E-state index is 0.00565. The van der Waals surface area contributed by atoms with Crippen molar-refractivity contribution >= 4 is 0 Å². The number of nitrogens with two attached hydrogens (primary N) is 1. The lowest BCUT2D eigenvalue weighted by atomic mass is 9.97. The van der Waals surface area contributed by atoms with Gasteiger partial charge in [0.05, 0.1) is 18.3 Å². The van der Waals surface area contributed by atoms with Gasteiger partial charge in [-0.25, -0.2) is 0 Å². The Kier molecular flexibility index (Phi) is 1.49. The standard InChI is InChI=1S/C8H13N3O/c1-11-7-2-3-8(9,5-12)6(7)4-10-11/h4,12H,2-3,5,9H2,1H3. The van der Waals surface area contributed by atoms with Gasteiger partial charge in [0.1, 0.15) is 0 Å². The fourth-order valence-corrected chi connectivity index (χ4v) is 1.82. The van der Waals surface area contributed by atoms with Crippen LogP contribution in [0, 0.1) is 0 Å². The number of aromatic nitrogens is 2. The van der Waals surface area contributed by atoms with E-state index >= 15 is 0 Å². The highest BCUT2D eigenvalue weighted by Gasteiger charge is 2.36. The molecule has 1 aromatic heterocycles. The fourth-order valence-electron chi connectivity index (χ4n) is 1.82. The SMILES string of the molecule is Cn1ncc2c1CCC2(N)CO. The zero-order valence-electron chi connectivity index (χ0n) is 7.12. The molecule has 66 valence electrons. The minimum Gasteiger partial charge on any atom is -0.394 e. The van der Waals surface area contributed by atoms with Gasteiger partial charge in [-0.1, -0.05) is 0 Å². The van der Waals surface area contributed by atoms with Crippen LogP contribution in [0.15, 0.2) is 6.20 Å². The van der Waals surface area contributed by atoms with E-state index in [1.165, 1.54) is 0 Å². The number of aliphatic hydroxyl groups is 1. The Morgan fingerprint density at radius 2 is 2.58 bits per heavy atom. The highest BCUT2D eigenvalue weighted by atomic mass is 16.3. The van der Waals surface area contributed by atoms with Crippen LogP contribution in [0.5, 0.6) is 0 Å². The van der Waals surface area contributed by atoms with Gasteiger partial charge in [-0.2, -0.15) is 5.10 Å². The van der Waals surface area contributed by atoms with E-state index in [1.807, 2.05) is 11.7 Å². The Hall–Kier alpha value is -0.870. The van der Waals surface area contributed by atoms with Crippen LogP contribution in [0.4, 0.5) is 0 Å². The predicted molar refractivity (Wildman–Crippen MR) is 44.5 cm³/mol. The molecule has 4 heteroatoms. The molecule has 4 nitrogen and oxygen atoms in total. The molecule has 2 rings (SSSR count). The van der Waals surface area contributed by atoms with Crippen molar-refractivity contribution in [2.75, 3.05) is 6.61 Å². The Labute approximate surface area is 71.0 Å². The summed E-state index contributed by atoms with van der Waals surface area (Å²) >= 11 is 0. The minimum atomic E-state index is -0.538. The number of hydrogen-bond acceptors (Lipinski definition) is 3. The molecule has 0 amide bonds. The quantitative estimate of drug-likeness (QED) is 0.593. The molecule has 1 aliphatic rings. The van der Waals surface area contributed by atoms with Gasteiger partial charge in [-0.3, -0.25) is 4.68 Å². The summed E-state index contributed by atoms with van der Waals surface area (Å²) in [5.74, 6) is 0. The monoisotopic (exact) mass is 167 g/mol. The molecule has 0 spiro atoms. The normalized spacial score (nSPS) is 27.6. The van der Waals surface area contributed by atoms with Gasteiger partial charge in [-0.15, -0.1) is 0 Å². The molecule has 0 aromatic carbocycles. The van der Waals surface area contributed by atoms with Crippen LogP contribution in [0.1, 0.15) is 17.7 Å². The molecule has 0 aliphatic heterocycles. The molecule has 0 fully saturated rings. The van der Waals surface area contributed by atoms with Gasteiger partial charge in [0.25, 0.3) is 0 Å². The highest BCUT2D eigenvalue weighted by molar-refractivity contribution is 5.32. The molecule has 1 heterocycles. The molecule has 1 aliphatic carbocycles. The Morgan fingerprint density at radius 1 is 1.83 bits per heavy atom. The van der Waals surface area contributed by atoms with E-state index in [-0.39, 0.29) is 6.61 Å². The number of hydrogen-bond donors (Lipinski definition) is 2. The lowest BCUT2D eigenvalue weighted by Gasteiger charge is -2.19. The lowest BCUT2D eigenvalue weighted by molar-refractivity contribution is 0.196.